The number of piperazine rings is 1. The second-order valence-electron chi connectivity index (χ2n) is 7.04. The van der Waals surface area contributed by atoms with E-state index in [0.29, 0.717) is 0 Å². The molecule has 4 atom stereocenters. The van der Waals surface area contributed by atoms with E-state index >= 15 is 0 Å². The molecule has 18 heavy (non-hydrogen) atoms. The van der Waals surface area contributed by atoms with E-state index < -0.39 is 0 Å². The molecule has 3 fully saturated rings. The Hall–Kier alpha value is -0.0800. The third-order valence-electron chi connectivity index (χ3n) is 5.73. The van der Waals surface area contributed by atoms with Crippen LogP contribution in [-0.4, -0.2) is 36.6 Å². The number of nitrogens with one attached hydrogen (secondary N) is 1. The van der Waals surface area contributed by atoms with Gasteiger partial charge in [-0.1, -0.05) is 26.7 Å². The van der Waals surface area contributed by atoms with E-state index in [-0.39, 0.29) is 0 Å². The van der Waals surface area contributed by atoms with Crippen molar-refractivity contribution in [3.05, 3.63) is 0 Å². The van der Waals surface area contributed by atoms with E-state index in [0.717, 1.165) is 29.8 Å². The summed E-state index contributed by atoms with van der Waals surface area (Å²) in [5.41, 5.74) is 0. The number of rotatable bonds is 4. The Labute approximate surface area is 113 Å². The quantitative estimate of drug-likeness (QED) is 0.825. The Bertz CT molecular complexity index is 274. The first-order valence-electron chi connectivity index (χ1n) is 8.25. The zero-order valence-electron chi connectivity index (χ0n) is 12.2. The summed E-state index contributed by atoms with van der Waals surface area (Å²) in [5.74, 6) is 2.96. The molecule has 1 heterocycles. The van der Waals surface area contributed by atoms with Crippen molar-refractivity contribution in [2.45, 2.75) is 64.5 Å². The Morgan fingerprint density at radius 3 is 2.61 bits per heavy atom. The predicted molar refractivity (Wildman–Crippen MR) is 76.7 cm³/mol. The second-order valence-corrected chi connectivity index (χ2v) is 7.04. The minimum absolute atomic E-state index is 0.799. The second kappa shape index (κ2) is 5.50. The Morgan fingerprint density at radius 2 is 2.00 bits per heavy atom. The maximum absolute atomic E-state index is 3.81. The lowest BCUT2D eigenvalue weighted by Gasteiger charge is -2.42. The monoisotopic (exact) mass is 250 g/mol. The van der Waals surface area contributed by atoms with Crippen molar-refractivity contribution >= 4 is 0 Å². The van der Waals surface area contributed by atoms with Gasteiger partial charge in [0.1, 0.15) is 0 Å². The van der Waals surface area contributed by atoms with E-state index in [1.807, 2.05) is 0 Å². The van der Waals surface area contributed by atoms with E-state index in [9.17, 15) is 0 Å². The lowest BCUT2D eigenvalue weighted by molar-refractivity contribution is 0.0933. The molecule has 0 amide bonds. The highest BCUT2D eigenvalue weighted by Gasteiger charge is 2.38. The molecule has 2 aliphatic carbocycles. The molecule has 0 bridgehead atoms. The van der Waals surface area contributed by atoms with E-state index in [4.69, 9.17) is 0 Å². The molecule has 4 unspecified atom stereocenters. The highest BCUT2D eigenvalue weighted by Crippen LogP contribution is 2.36. The number of hydrogen-bond acceptors (Lipinski definition) is 2. The largest absolute Gasteiger partial charge is 0.311 e. The van der Waals surface area contributed by atoms with Crippen LogP contribution in [0.15, 0.2) is 0 Å². The van der Waals surface area contributed by atoms with Crippen molar-refractivity contribution in [2.24, 2.45) is 17.8 Å². The van der Waals surface area contributed by atoms with Gasteiger partial charge < -0.3 is 5.32 Å². The van der Waals surface area contributed by atoms with Crippen LogP contribution in [0.25, 0.3) is 0 Å². The predicted octanol–water partition coefficient (Wildman–Crippen LogP) is 2.89. The number of hydrogen-bond donors (Lipinski definition) is 1. The molecule has 1 N–H and O–H groups in total. The average Bonchev–Trinajstić information content (AvgIpc) is 3.15. The van der Waals surface area contributed by atoms with Crippen LogP contribution >= 0.6 is 0 Å². The van der Waals surface area contributed by atoms with Gasteiger partial charge in [-0.15, -0.1) is 0 Å². The van der Waals surface area contributed by atoms with Gasteiger partial charge in [0.05, 0.1) is 0 Å². The molecule has 0 aromatic rings. The van der Waals surface area contributed by atoms with E-state index in [1.165, 1.54) is 58.2 Å². The fraction of sp³-hybridized carbons (Fsp3) is 1.00. The third kappa shape index (κ3) is 2.75. The molecule has 3 rings (SSSR count). The topological polar surface area (TPSA) is 15.3 Å². The molecule has 0 radical (unpaired) electrons. The molecule has 1 saturated heterocycles. The minimum Gasteiger partial charge on any atom is -0.311 e. The average molecular weight is 250 g/mol. The molecule has 104 valence electrons. The van der Waals surface area contributed by atoms with Gasteiger partial charge >= 0.3 is 0 Å². The van der Waals surface area contributed by atoms with Gasteiger partial charge in [-0.2, -0.15) is 0 Å². The summed E-state index contributed by atoms with van der Waals surface area (Å²) in [6, 6.07) is 1.61. The summed E-state index contributed by atoms with van der Waals surface area (Å²) in [6.45, 7) is 8.77. The van der Waals surface area contributed by atoms with Crippen molar-refractivity contribution in [2.75, 3.05) is 19.6 Å². The van der Waals surface area contributed by atoms with Gasteiger partial charge in [0, 0.05) is 31.7 Å². The standard InChI is InChI=1S/C16H30N2/c1-3-15-9-17-16(13-7-8-13)11-18(15)10-14-6-4-5-12(14)2/h12-17H,3-11H2,1-2H3. The molecule has 3 aliphatic rings. The Morgan fingerprint density at radius 1 is 1.17 bits per heavy atom. The fourth-order valence-corrected chi connectivity index (χ4v) is 4.12. The maximum atomic E-state index is 3.81. The van der Waals surface area contributed by atoms with Crippen LogP contribution in [-0.2, 0) is 0 Å². The van der Waals surface area contributed by atoms with Gasteiger partial charge in [-0.05, 0) is 43.4 Å². The summed E-state index contributed by atoms with van der Waals surface area (Å²) in [5, 5.41) is 3.81. The lowest BCUT2D eigenvalue weighted by atomic mass is 9.95. The van der Waals surface area contributed by atoms with Gasteiger partial charge in [-0.25, -0.2) is 0 Å². The molecular formula is C16H30N2. The summed E-state index contributed by atoms with van der Waals surface area (Å²) in [4.78, 5) is 2.84. The maximum Gasteiger partial charge on any atom is 0.0224 e. The molecule has 2 saturated carbocycles. The van der Waals surface area contributed by atoms with Crippen LogP contribution in [0.1, 0.15) is 52.4 Å². The first-order valence-corrected chi connectivity index (χ1v) is 8.25. The van der Waals surface area contributed by atoms with Gasteiger partial charge in [0.15, 0.2) is 0 Å². The normalized spacial score (nSPS) is 42.3. The Kier molecular flexibility index (Phi) is 3.95. The van der Waals surface area contributed by atoms with Crippen molar-refractivity contribution in [1.82, 2.24) is 10.2 Å². The van der Waals surface area contributed by atoms with Crippen LogP contribution in [0.3, 0.4) is 0 Å². The molecule has 1 aliphatic heterocycles. The van der Waals surface area contributed by atoms with Crippen LogP contribution < -0.4 is 5.32 Å². The van der Waals surface area contributed by atoms with Gasteiger partial charge in [0.2, 0.25) is 0 Å². The summed E-state index contributed by atoms with van der Waals surface area (Å²) in [7, 11) is 0. The van der Waals surface area contributed by atoms with Crippen molar-refractivity contribution in [3.8, 4) is 0 Å². The molecule has 0 aromatic heterocycles. The molecule has 0 aromatic carbocycles. The molecular weight excluding hydrogens is 220 g/mol. The van der Waals surface area contributed by atoms with Crippen LogP contribution in [0, 0.1) is 17.8 Å². The zero-order valence-corrected chi connectivity index (χ0v) is 12.2. The Balaban J connectivity index is 1.58. The van der Waals surface area contributed by atoms with Crippen molar-refractivity contribution in [1.29, 1.82) is 0 Å². The lowest BCUT2D eigenvalue weighted by Crippen LogP contribution is -2.58. The zero-order chi connectivity index (χ0) is 12.5. The highest BCUT2D eigenvalue weighted by atomic mass is 15.2. The van der Waals surface area contributed by atoms with Crippen molar-refractivity contribution < 1.29 is 0 Å². The van der Waals surface area contributed by atoms with Gasteiger partial charge in [0.25, 0.3) is 0 Å². The molecule has 2 heteroatoms. The summed E-state index contributed by atoms with van der Waals surface area (Å²) < 4.78 is 0. The SMILES string of the molecule is CCC1CNC(C2CC2)CN1CC1CCCC1C. The summed E-state index contributed by atoms with van der Waals surface area (Å²) in [6.07, 6.45) is 8.69. The fourth-order valence-electron chi connectivity index (χ4n) is 4.12. The van der Waals surface area contributed by atoms with E-state index in [1.54, 1.807) is 0 Å². The molecule has 0 spiro atoms. The van der Waals surface area contributed by atoms with Gasteiger partial charge in [-0.3, -0.25) is 4.90 Å². The van der Waals surface area contributed by atoms with Crippen LogP contribution in [0.4, 0.5) is 0 Å². The van der Waals surface area contributed by atoms with Crippen LogP contribution in [0.5, 0.6) is 0 Å². The first-order chi connectivity index (χ1) is 8.78. The first kappa shape index (κ1) is 12.9. The smallest absolute Gasteiger partial charge is 0.0224 e. The summed E-state index contributed by atoms with van der Waals surface area (Å²) >= 11 is 0. The highest BCUT2D eigenvalue weighted by molar-refractivity contribution is 4.95. The molecule has 2 nitrogen and oxygen atoms in total. The minimum atomic E-state index is 0.799. The third-order valence-corrected chi connectivity index (χ3v) is 5.73. The van der Waals surface area contributed by atoms with Crippen LogP contribution in [0.2, 0.25) is 0 Å². The number of nitrogens with zero attached hydrogens (tertiary/aromatic N) is 1. The van der Waals surface area contributed by atoms with E-state index in [2.05, 4.69) is 24.1 Å². The van der Waals surface area contributed by atoms with Crippen molar-refractivity contribution in [3.63, 3.8) is 0 Å².